The summed E-state index contributed by atoms with van der Waals surface area (Å²) < 4.78 is 5.95. The molecule has 0 saturated heterocycles. The smallest absolute Gasteiger partial charge is 0.193 e. The molecule has 2 nitrogen and oxygen atoms in total. The summed E-state index contributed by atoms with van der Waals surface area (Å²) in [5.41, 5.74) is 0.571. The highest BCUT2D eigenvalue weighted by atomic mass is 28.4. The van der Waals surface area contributed by atoms with Gasteiger partial charge in [0, 0.05) is 0 Å². The third-order valence-electron chi connectivity index (χ3n) is 3.07. The van der Waals surface area contributed by atoms with Gasteiger partial charge in [-0.15, -0.1) is 0 Å². The third kappa shape index (κ3) is 3.91. The van der Waals surface area contributed by atoms with E-state index >= 15 is 0 Å². The second-order valence-corrected chi connectivity index (χ2v) is 10.4. The molecule has 88 valence electrons. The van der Waals surface area contributed by atoms with Crippen LogP contribution in [0.5, 0.6) is 0 Å². The van der Waals surface area contributed by atoms with Crippen LogP contribution in [0.25, 0.3) is 0 Å². The van der Waals surface area contributed by atoms with Crippen molar-refractivity contribution in [1.29, 1.82) is 0 Å². The molecule has 0 fully saturated rings. The molecule has 3 heteroatoms. The maximum atomic E-state index is 11.6. The van der Waals surface area contributed by atoms with Gasteiger partial charge in [-0.25, -0.2) is 0 Å². The summed E-state index contributed by atoms with van der Waals surface area (Å²) in [6, 6.07) is 0. The SMILES string of the molecule is C=C(C)C(=O)[C@H](C)O[Si](C)(C)C(C)(C)C. The molecule has 0 amide bonds. The van der Waals surface area contributed by atoms with Gasteiger partial charge in [0.05, 0.1) is 0 Å². The van der Waals surface area contributed by atoms with E-state index in [0.717, 1.165) is 0 Å². The quantitative estimate of drug-likeness (QED) is 0.543. The summed E-state index contributed by atoms with van der Waals surface area (Å²) in [7, 11) is -1.84. The molecule has 0 heterocycles. The van der Waals surface area contributed by atoms with E-state index < -0.39 is 8.32 Å². The minimum Gasteiger partial charge on any atom is -0.407 e. The zero-order valence-electron chi connectivity index (χ0n) is 11.1. The molecule has 0 saturated carbocycles. The van der Waals surface area contributed by atoms with Gasteiger partial charge in [-0.1, -0.05) is 27.4 Å². The van der Waals surface area contributed by atoms with Crippen LogP contribution in [0.3, 0.4) is 0 Å². The standard InChI is InChI=1S/C12H24O2Si/c1-9(2)11(13)10(3)14-15(7,8)12(4,5)6/h10H,1H2,2-8H3/t10-/m0/s1. The zero-order chi connectivity index (χ0) is 12.4. The van der Waals surface area contributed by atoms with Crippen molar-refractivity contribution in [2.75, 3.05) is 0 Å². The van der Waals surface area contributed by atoms with Gasteiger partial charge in [-0.2, -0.15) is 0 Å². The highest BCUT2D eigenvalue weighted by Crippen LogP contribution is 2.37. The molecular formula is C12H24O2Si. The van der Waals surface area contributed by atoms with Crippen LogP contribution >= 0.6 is 0 Å². The highest BCUT2D eigenvalue weighted by molar-refractivity contribution is 6.74. The van der Waals surface area contributed by atoms with Crippen LogP contribution in [-0.2, 0) is 9.22 Å². The van der Waals surface area contributed by atoms with E-state index in [-0.39, 0.29) is 16.9 Å². The van der Waals surface area contributed by atoms with E-state index in [1.165, 1.54) is 0 Å². The Morgan fingerprint density at radius 2 is 1.73 bits per heavy atom. The Kier molecular flexibility index (Phi) is 4.49. The minimum atomic E-state index is -1.84. The number of hydrogen-bond acceptors (Lipinski definition) is 2. The summed E-state index contributed by atoms with van der Waals surface area (Å²) >= 11 is 0. The maximum absolute atomic E-state index is 11.6. The van der Waals surface area contributed by atoms with Crippen molar-refractivity contribution in [3.8, 4) is 0 Å². The predicted octanol–water partition coefficient (Wildman–Crippen LogP) is 3.54. The number of hydrogen-bond donors (Lipinski definition) is 0. The number of carbonyl (C=O) groups excluding carboxylic acids is 1. The fraction of sp³-hybridized carbons (Fsp3) is 0.750. The van der Waals surface area contributed by atoms with Crippen LogP contribution in [0.15, 0.2) is 12.2 Å². The third-order valence-corrected chi connectivity index (χ3v) is 7.62. The lowest BCUT2D eigenvalue weighted by molar-refractivity contribution is -0.121. The Morgan fingerprint density at radius 3 is 2.00 bits per heavy atom. The van der Waals surface area contributed by atoms with Gasteiger partial charge >= 0.3 is 0 Å². The fourth-order valence-corrected chi connectivity index (χ4v) is 2.36. The molecule has 0 N–H and O–H groups in total. The highest BCUT2D eigenvalue weighted by Gasteiger charge is 2.39. The van der Waals surface area contributed by atoms with Crippen molar-refractivity contribution in [3.63, 3.8) is 0 Å². The summed E-state index contributed by atoms with van der Waals surface area (Å²) in [5, 5.41) is 0.136. The average Bonchev–Trinajstić information content (AvgIpc) is 1.99. The molecule has 0 aromatic rings. The number of carbonyl (C=O) groups is 1. The van der Waals surface area contributed by atoms with Crippen LogP contribution < -0.4 is 0 Å². The molecule has 0 aromatic carbocycles. The normalized spacial score (nSPS) is 14.9. The summed E-state index contributed by atoms with van der Waals surface area (Å²) in [6.45, 7) is 18.0. The van der Waals surface area contributed by atoms with E-state index in [4.69, 9.17) is 4.43 Å². The number of rotatable bonds is 4. The Hall–Kier alpha value is -0.413. The van der Waals surface area contributed by atoms with Gasteiger partial charge < -0.3 is 4.43 Å². The molecular weight excluding hydrogens is 204 g/mol. The molecule has 0 bridgehead atoms. The first-order valence-electron chi connectivity index (χ1n) is 5.36. The summed E-state index contributed by atoms with van der Waals surface area (Å²) in [5.74, 6) is 0.0137. The van der Waals surface area contributed by atoms with Crippen molar-refractivity contribution < 1.29 is 9.22 Å². The van der Waals surface area contributed by atoms with E-state index in [2.05, 4.69) is 40.4 Å². The van der Waals surface area contributed by atoms with Crippen molar-refractivity contribution in [3.05, 3.63) is 12.2 Å². The lowest BCUT2D eigenvalue weighted by Gasteiger charge is -2.38. The lowest BCUT2D eigenvalue weighted by Crippen LogP contribution is -2.45. The summed E-state index contributed by atoms with van der Waals surface area (Å²) in [6.07, 6.45) is -0.358. The molecule has 0 aliphatic heterocycles. The molecule has 0 aliphatic carbocycles. The van der Waals surface area contributed by atoms with Crippen molar-refractivity contribution in [1.82, 2.24) is 0 Å². The van der Waals surface area contributed by atoms with E-state index in [9.17, 15) is 4.79 Å². The first kappa shape index (κ1) is 14.6. The topological polar surface area (TPSA) is 26.3 Å². The Labute approximate surface area is 94.8 Å². The molecule has 0 aromatic heterocycles. The molecule has 1 atom stereocenters. The molecule has 0 aliphatic rings. The minimum absolute atomic E-state index is 0.0137. The van der Waals surface area contributed by atoms with Crippen molar-refractivity contribution >= 4 is 14.1 Å². The Balaban J connectivity index is 4.61. The van der Waals surface area contributed by atoms with Crippen LogP contribution in [0.4, 0.5) is 0 Å². The predicted molar refractivity (Wildman–Crippen MR) is 67.6 cm³/mol. The molecule has 0 radical (unpaired) electrons. The average molecular weight is 228 g/mol. The van der Waals surface area contributed by atoms with Gasteiger partial charge in [0.25, 0.3) is 0 Å². The van der Waals surface area contributed by atoms with Gasteiger partial charge in [-0.3, -0.25) is 4.79 Å². The van der Waals surface area contributed by atoms with E-state index in [0.29, 0.717) is 5.57 Å². The zero-order valence-corrected chi connectivity index (χ0v) is 12.1. The first-order valence-corrected chi connectivity index (χ1v) is 8.27. The first-order chi connectivity index (χ1) is 6.49. The van der Waals surface area contributed by atoms with E-state index in [1.54, 1.807) is 6.92 Å². The fourth-order valence-electron chi connectivity index (χ4n) is 1.02. The molecule has 0 rings (SSSR count). The Morgan fingerprint density at radius 1 is 1.33 bits per heavy atom. The van der Waals surface area contributed by atoms with Crippen LogP contribution in [0.2, 0.25) is 18.1 Å². The van der Waals surface area contributed by atoms with Crippen molar-refractivity contribution in [2.45, 2.75) is 58.9 Å². The van der Waals surface area contributed by atoms with E-state index in [1.807, 2.05) is 6.92 Å². The molecule has 0 spiro atoms. The second kappa shape index (κ2) is 4.62. The van der Waals surface area contributed by atoms with Gasteiger partial charge in [0.1, 0.15) is 6.10 Å². The van der Waals surface area contributed by atoms with Gasteiger partial charge in [0.15, 0.2) is 14.1 Å². The number of ketones is 1. The second-order valence-electron chi connectivity index (χ2n) is 5.66. The van der Waals surface area contributed by atoms with Crippen LogP contribution in [0.1, 0.15) is 34.6 Å². The lowest BCUT2D eigenvalue weighted by atomic mass is 10.1. The monoisotopic (exact) mass is 228 g/mol. The summed E-state index contributed by atoms with van der Waals surface area (Å²) in [4.78, 5) is 11.6. The maximum Gasteiger partial charge on any atom is 0.193 e. The molecule has 0 unspecified atom stereocenters. The largest absolute Gasteiger partial charge is 0.407 e. The molecule has 15 heavy (non-hydrogen) atoms. The van der Waals surface area contributed by atoms with Gasteiger partial charge in [0.2, 0.25) is 0 Å². The number of Topliss-reactive ketones (excluding diaryl/α,β-unsaturated/α-hetero) is 1. The van der Waals surface area contributed by atoms with Gasteiger partial charge in [-0.05, 0) is 37.6 Å². The Bertz CT molecular complexity index is 261. The van der Waals surface area contributed by atoms with Crippen molar-refractivity contribution in [2.24, 2.45) is 0 Å². The van der Waals surface area contributed by atoms with Crippen LogP contribution in [0, 0.1) is 0 Å². The van der Waals surface area contributed by atoms with Crippen LogP contribution in [-0.4, -0.2) is 20.2 Å².